The maximum Gasteiger partial charge on any atom is 0.264 e. The van der Waals surface area contributed by atoms with E-state index in [0.29, 0.717) is 10.6 Å². The van der Waals surface area contributed by atoms with Crippen LogP contribution in [-0.2, 0) is 14.2 Å². The minimum absolute atomic E-state index is 0.0865. The van der Waals surface area contributed by atoms with E-state index in [1.165, 1.54) is 0 Å². The molecule has 0 saturated carbocycles. The van der Waals surface area contributed by atoms with E-state index in [9.17, 15) is 19.4 Å². The molecule has 1 saturated heterocycles. The molecule has 1 aliphatic heterocycles. The fourth-order valence-electron chi connectivity index (χ4n) is 2.70. The number of hydroxylamine groups is 2. The van der Waals surface area contributed by atoms with E-state index in [2.05, 4.69) is 0 Å². The molecule has 1 fully saturated rings. The van der Waals surface area contributed by atoms with Gasteiger partial charge in [0, 0.05) is 17.0 Å². The molecule has 0 aromatic heterocycles. The van der Waals surface area contributed by atoms with E-state index >= 15 is 0 Å². The number of carbonyl (C=O) groups is 2. The summed E-state index contributed by atoms with van der Waals surface area (Å²) in [5.74, 6) is -1.52. The second-order valence-electron chi connectivity index (χ2n) is 5.09. The predicted octanol–water partition coefficient (Wildman–Crippen LogP) is 1.52. The highest BCUT2D eigenvalue weighted by atomic mass is 31.2. The van der Waals surface area contributed by atoms with Crippen molar-refractivity contribution in [3.8, 4) is 0 Å². The number of amides is 2. The molecule has 1 atom stereocenters. The van der Waals surface area contributed by atoms with Crippen molar-refractivity contribution >= 4 is 29.6 Å². The van der Waals surface area contributed by atoms with Crippen molar-refractivity contribution in [3.05, 3.63) is 60.7 Å². The number of carbonyl (C=O) groups excluding carboxylic acids is 2. The molecule has 6 heteroatoms. The Balaban J connectivity index is 2.19. The van der Waals surface area contributed by atoms with Crippen LogP contribution in [0.15, 0.2) is 60.7 Å². The van der Waals surface area contributed by atoms with Crippen molar-refractivity contribution < 1.29 is 19.4 Å². The third kappa shape index (κ3) is 2.19. The Kier molecular flexibility index (Phi) is 3.69. The summed E-state index contributed by atoms with van der Waals surface area (Å²) in [6.07, 6.45) is -0.254. The van der Waals surface area contributed by atoms with Gasteiger partial charge >= 0.3 is 0 Å². The zero-order valence-corrected chi connectivity index (χ0v) is 12.5. The summed E-state index contributed by atoms with van der Waals surface area (Å²) in [5.41, 5.74) is -1.06. The highest BCUT2D eigenvalue weighted by Gasteiger charge is 2.50. The van der Waals surface area contributed by atoms with E-state index in [1.807, 2.05) is 0 Å². The molecule has 1 aliphatic rings. The first-order valence-electron chi connectivity index (χ1n) is 6.82. The van der Waals surface area contributed by atoms with Gasteiger partial charge in [-0.2, -0.15) is 5.06 Å². The van der Waals surface area contributed by atoms with Gasteiger partial charge in [0.2, 0.25) is 0 Å². The molecule has 112 valence electrons. The second-order valence-corrected chi connectivity index (χ2v) is 8.06. The molecule has 1 unspecified atom stereocenters. The lowest BCUT2D eigenvalue weighted by molar-refractivity contribution is -0.170. The van der Waals surface area contributed by atoms with E-state index < -0.39 is 24.6 Å². The smallest absolute Gasteiger partial charge is 0.264 e. The van der Waals surface area contributed by atoms with Crippen molar-refractivity contribution in [3.63, 3.8) is 0 Å². The monoisotopic (exact) mass is 315 g/mol. The fraction of sp³-hybridized carbons (Fsp3) is 0.125. The van der Waals surface area contributed by atoms with Gasteiger partial charge in [-0.1, -0.05) is 60.7 Å². The van der Waals surface area contributed by atoms with Gasteiger partial charge in [0.25, 0.3) is 11.8 Å². The topological polar surface area (TPSA) is 74.7 Å². The van der Waals surface area contributed by atoms with Gasteiger partial charge in [0.1, 0.15) is 5.66 Å². The molecule has 0 spiro atoms. The Hall–Kier alpha value is -2.23. The number of rotatable bonds is 3. The van der Waals surface area contributed by atoms with Gasteiger partial charge in [-0.05, 0) is 0 Å². The number of nitrogens with zero attached hydrogens (tertiary/aromatic N) is 1. The van der Waals surface area contributed by atoms with Crippen molar-refractivity contribution in [1.82, 2.24) is 5.06 Å². The second kappa shape index (κ2) is 5.52. The highest BCUT2D eigenvalue weighted by Crippen LogP contribution is 2.52. The third-order valence-electron chi connectivity index (χ3n) is 3.82. The van der Waals surface area contributed by atoms with E-state index in [-0.39, 0.29) is 11.5 Å². The van der Waals surface area contributed by atoms with E-state index in [4.69, 9.17) is 0 Å². The average molecular weight is 315 g/mol. The van der Waals surface area contributed by atoms with Gasteiger partial charge < -0.3 is 4.57 Å². The molecule has 2 aromatic rings. The molecule has 5 nitrogen and oxygen atoms in total. The average Bonchev–Trinajstić information content (AvgIpc) is 2.83. The van der Waals surface area contributed by atoms with Gasteiger partial charge in [-0.25, -0.2) is 0 Å². The first-order chi connectivity index (χ1) is 10.5. The zero-order chi connectivity index (χ0) is 15.7. The van der Waals surface area contributed by atoms with Gasteiger partial charge in [0.15, 0.2) is 7.14 Å². The summed E-state index contributed by atoms with van der Waals surface area (Å²) < 4.78 is 13.8. The minimum atomic E-state index is -3.37. The summed E-state index contributed by atoms with van der Waals surface area (Å²) in [7, 11) is -3.37. The minimum Gasteiger partial charge on any atom is -0.313 e. The van der Waals surface area contributed by atoms with Crippen LogP contribution in [0, 0.1) is 0 Å². The Morgan fingerprint density at radius 1 is 0.909 bits per heavy atom. The van der Waals surface area contributed by atoms with Crippen molar-refractivity contribution in [2.24, 2.45) is 0 Å². The van der Waals surface area contributed by atoms with Gasteiger partial charge in [-0.15, -0.1) is 0 Å². The van der Waals surface area contributed by atoms with Crippen molar-refractivity contribution in [2.75, 3.05) is 0 Å². The van der Waals surface area contributed by atoms with Gasteiger partial charge in [0.05, 0.1) is 0 Å². The highest BCUT2D eigenvalue weighted by molar-refractivity contribution is 7.80. The normalized spacial score (nSPS) is 18.8. The molecule has 1 N–H and O–H groups in total. The number of hydrogen-bond donors (Lipinski definition) is 1. The van der Waals surface area contributed by atoms with E-state index in [1.54, 1.807) is 60.7 Å². The molecule has 3 rings (SSSR count). The molecule has 2 aromatic carbocycles. The van der Waals surface area contributed by atoms with Crippen LogP contribution in [0.3, 0.4) is 0 Å². The lowest BCUT2D eigenvalue weighted by atomic mass is 10.3. The first kappa shape index (κ1) is 14.7. The first-order valence-corrected chi connectivity index (χ1v) is 8.59. The van der Waals surface area contributed by atoms with Crippen LogP contribution < -0.4 is 10.6 Å². The van der Waals surface area contributed by atoms with Crippen molar-refractivity contribution in [1.29, 1.82) is 0 Å². The summed E-state index contributed by atoms with van der Waals surface area (Å²) in [5, 5.41) is 10.6. The number of hydrogen-bond acceptors (Lipinski definition) is 4. The standard InChI is InChI=1S/C16H14NO4P/c18-15-11-14(16(19)17(15)20)22(21,12-7-3-1-4-8-12)13-9-5-2-6-10-13/h1-10,14,20H,11H2. The summed E-state index contributed by atoms with van der Waals surface area (Å²) in [6.45, 7) is 0. The maximum atomic E-state index is 13.8. The molecular formula is C16H14NO4P. The van der Waals surface area contributed by atoms with Crippen LogP contribution in [0.5, 0.6) is 0 Å². The largest absolute Gasteiger partial charge is 0.313 e. The Bertz CT molecular complexity index is 717. The van der Waals surface area contributed by atoms with Crippen molar-refractivity contribution in [2.45, 2.75) is 12.1 Å². The maximum absolute atomic E-state index is 13.8. The molecule has 0 bridgehead atoms. The van der Waals surface area contributed by atoms with Crippen LogP contribution in [0.2, 0.25) is 0 Å². The Morgan fingerprint density at radius 2 is 1.36 bits per heavy atom. The predicted molar refractivity (Wildman–Crippen MR) is 81.8 cm³/mol. The summed E-state index contributed by atoms with van der Waals surface area (Å²) in [4.78, 5) is 23.8. The van der Waals surface area contributed by atoms with E-state index in [0.717, 1.165) is 0 Å². The molecule has 1 heterocycles. The molecule has 2 amide bonds. The molecule has 0 aliphatic carbocycles. The number of imide groups is 1. The Labute approximate surface area is 127 Å². The Morgan fingerprint density at radius 3 is 1.73 bits per heavy atom. The summed E-state index contributed by atoms with van der Waals surface area (Å²) in [6, 6.07) is 17.3. The lowest BCUT2D eigenvalue weighted by Crippen LogP contribution is -2.33. The zero-order valence-electron chi connectivity index (χ0n) is 11.6. The van der Waals surface area contributed by atoms with Gasteiger partial charge in [-0.3, -0.25) is 14.8 Å². The molecule has 22 heavy (non-hydrogen) atoms. The molecular weight excluding hydrogens is 301 g/mol. The lowest BCUT2D eigenvalue weighted by Gasteiger charge is -2.23. The SMILES string of the molecule is O=C1CC(P(=O)(c2ccccc2)c2ccccc2)C(=O)N1O. The third-order valence-corrected chi connectivity index (χ3v) is 7.23. The van der Waals surface area contributed by atoms with Crippen LogP contribution >= 0.6 is 7.14 Å². The quantitative estimate of drug-likeness (QED) is 0.529. The van der Waals surface area contributed by atoms with Crippen LogP contribution in [0.25, 0.3) is 0 Å². The summed E-state index contributed by atoms with van der Waals surface area (Å²) >= 11 is 0. The van der Waals surface area contributed by atoms with Crippen LogP contribution in [0.4, 0.5) is 0 Å². The molecule has 0 radical (unpaired) electrons. The fourth-order valence-corrected chi connectivity index (χ4v) is 5.78. The van der Waals surface area contributed by atoms with Crippen LogP contribution in [-0.4, -0.2) is 27.7 Å². The van der Waals surface area contributed by atoms with Crippen LogP contribution in [0.1, 0.15) is 6.42 Å². The number of benzene rings is 2.